The normalized spacial score (nSPS) is 10.9. The molecular weight excluding hydrogens is 242 g/mol. The monoisotopic (exact) mass is 255 g/mol. The Labute approximate surface area is 110 Å². The quantitative estimate of drug-likeness (QED) is 0.709. The average Bonchev–Trinajstić information content (AvgIpc) is 2.79. The van der Waals surface area contributed by atoms with Crippen molar-refractivity contribution in [2.75, 3.05) is 0 Å². The molecule has 0 aliphatic rings. The molecule has 18 heavy (non-hydrogen) atoms. The molecule has 1 aromatic carbocycles. The lowest BCUT2D eigenvalue weighted by molar-refractivity contribution is 0.928. The van der Waals surface area contributed by atoms with Crippen LogP contribution in [-0.2, 0) is 6.42 Å². The smallest absolute Gasteiger partial charge is 0.182 e. The second kappa shape index (κ2) is 4.38. The number of H-pyrrole nitrogens is 1. The largest absolute Gasteiger partial charge is 0.337 e. The zero-order chi connectivity index (χ0) is 12.5. The van der Waals surface area contributed by atoms with Crippen LogP contribution in [0.25, 0.3) is 16.6 Å². The number of aromatic amines is 1. The van der Waals surface area contributed by atoms with E-state index in [4.69, 9.17) is 12.2 Å². The van der Waals surface area contributed by atoms with Crippen molar-refractivity contribution >= 4 is 23.1 Å². The Morgan fingerprint density at radius 2 is 2.17 bits per heavy atom. The maximum absolute atomic E-state index is 5.37. The Morgan fingerprint density at radius 1 is 1.28 bits per heavy atom. The van der Waals surface area contributed by atoms with Crippen LogP contribution in [0.4, 0.5) is 0 Å². The first kappa shape index (κ1) is 11.2. The van der Waals surface area contributed by atoms with Gasteiger partial charge < -0.3 is 4.98 Å². The van der Waals surface area contributed by atoms with Crippen molar-refractivity contribution in [1.82, 2.24) is 14.5 Å². The molecule has 0 saturated carbocycles. The van der Waals surface area contributed by atoms with E-state index in [2.05, 4.69) is 33.6 Å². The van der Waals surface area contributed by atoms with Gasteiger partial charge in [0.2, 0.25) is 0 Å². The van der Waals surface area contributed by atoms with Gasteiger partial charge in [0, 0.05) is 23.5 Å². The molecule has 3 nitrogen and oxygen atoms in total. The summed E-state index contributed by atoms with van der Waals surface area (Å²) >= 11 is 5.37. The standard InChI is InChI=1S/C14H13N3S/c1-2-10-9-16-14(18)17(10)13-7-3-6-12-11(13)5-4-8-15-12/h3-9H,2H2,1H3,(H,16,18). The molecule has 0 saturated heterocycles. The molecule has 0 spiro atoms. The van der Waals surface area contributed by atoms with E-state index in [0.29, 0.717) is 0 Å². The summed E-state index contributed by atoms with van der Waals surface area (Å²) in [5, 5.41) is 1.12. The van der Waals surface area contributed by atoms with Gasteiger partial charge in [0.1, 0.15) is 0 Å². The Morgan fingerprint density at radius 3 is 3.00 bits per heavy atom. The van der Waals surface area contributed by atoms with Gasteiger partial charge in [-0.25, -0.2) is 0 Å². The van der Waals surface area contributed by atoms with Crippen LogP contribution in [0.2, 0.25) is 0 Å². The third-order valence-corrected chi connectivity index (χ3v) is 3.38. The summed E-state index contributed by atoms with van der Waals surface area (Å²) in [4.78, 5) is 7.49. The van der Waals surface area contributed by atoms with E-state index in [-0.39, 0.29) is 0 Å². The molecule has 0 bridgehead atoms. The second-order valence-corrected chi connectivity index (χ2v) is 4.51. The maximum atomic E-state index is 5.37. The van der Waals surface area contributed by atoms with Crippen molar-refractivity contribution in [2.45, 2.75) is 13.3 Å². The minimum atomic E-state index is 0.725. The van der Waals surface area contributed by atoms with Crippen LogP contribution in [-0.4, -0.2) is 14.5 Å². The van der Waals surface area contributed by atoms with Crippen LogP contribution < -0.4 is 0 Å². The molecule has 1 N–H and O–H groups in total. The highest BCUT2D eigenvalue weighted by atomic mass is 32.1. The van der Waals surface area contributed by atoms with E-state index in [1.54, 1.807) is 0 Å². The average molecular weight is 255 g/mol. The third kappa shape index (κ3) is 1.66. The molecule has 0 atom stereocenters. The number of nitrogens with one attached hydrogen (secondary N) is 1. The third-order valence-electron chi connectivity index (χ3n) is 3.08. The number of benzene rings is 1. The highest BCUT2D eigenvalue weighted by molar-refractivity contribution is 7.71. The highest BCUT2D eigenvalue weighted by Crippen LogP contribution is 2.22. The summed E-state index contributed by atoms with van der Waals surface area (Å²) in [7, 11) is 0. The summed E-state index contributed by atoms with van der Waals surface area (Å²) in [5.74, 6) is 0. The molecule has 0 aliphatic heterocycles. The maximum Gasteiger partial charge on any atom is 0.182 e. The molecule has 90 valence electrons. The van der Waals surface area contributed by atoms with Gasteiger partial charge in [-0.05, 0) is 42.9 Å². The van der Waals surface area contributed by atoms with Gasteiger partial charge in [-0.3, -0.25) is 9.55 Å². The summed E-state index contributed by atoms with van der Waals surface area (Å²) in [6, 6.07) is 10.1. The Bertz CT molecular complexity index is 750. The first-order valence-electron chi connectivity index (χ1n) is 5.94. The van der Waals surface area contributed by atoms with Crippen LogP contribution in [0.15, 0.2) is 42.7 Å². The van der Waals surface area contributed by atoms with Gasteiger partial charge in [-0.1, -0.05) is 13.0 Å². The summed E-state index contributed by atoms with van der Waals surface area (Å²) in [6.45, 7) is 2.12. The summed E-state index contributed by atoms with van der Waals surface area (Å²) in [6.07, 6.45) is 4.71. The molecular formula is C14H13N3S. The number of imidazole rings is 1. The first-order valence-corrected chi connectivity index (χ1v) is 6.35. The molecule has 2 aromatic heterocycles. The number of fused-ring (bicyclic) bond motifs is 1. The van der Waals surface area contributed by atoms with Crippen LogP contribution in [0.5, 0.6) is 0 Å². The minimum absolute atomic E-state index is 0.725. The van der Waals surface area contributed by atoms with Crippen LogP contribution in [0.1, 0.15) is 12.6 Å². The number of pyridine rings is 1. The molecule has 3 aromatic rings. The zero-order valence-electron chi connectivity index (χ0n) is 10.1. The SMILES string of the molecule is CCc1c[nH]c(=S)n1-c1cccc2ncccc12. The van der Waals surface area contributed by atoms with E-state index in [1.807, 2.05) is 30.6 Å². The van der Waals surface area contributed by atoms with Gasteiger partial charge in [0.25, 0.3) is 0 Å². The topological polar surface area (TPSA) is 33.6 Å². The fourth-order valence-corrected chi connectivity index (χ4v) is 2.49. The molecule has 0 aliphatic carbocycles. The lowest BCUT2D eigenvalue weighted by Gasteiger charge is -2.09. The second-order valence-electron chi connectivity index (χ2n) is 4.12. The summed E-state index contributed by atoms with van der Waals surface area (Å²) in [5.41, 5.74) is 3.25. The van der Waals surface area contributed by atoms with E-state index in [9.17, 15) is 0 Å². The number of aryl methyl sites for hydroxylation is 1. The summed E-state index contributed by atoms with van der Waals surface area (Å²) < 4.78 is 2.81. The van der Waals surface area contributed by atoms with Gasteiger partial charge >= 0.3 is 0 Å². The van der Waals surface area contributed by atoms with Crippen molar-refractivity contribution in [3.8, 4) is 5.69 Å². The van der Waals surface area contributed by atoms with E-state index < -0.39 is 0 Å². The number of rotatable bonds is 2. The van der Waals surface area contributed by atoms with Crippen LogP contribution in [0, 0.1) is 4.77 Å². The minimum Gasteiger partial charge on any atom is -0.337 e. The number of hydrogen-bond acceptors (Lipinski definition) is 2. The van der Waals surface area contributed by atoms with E-state index in [0.717, 1.165) is 27.8 Å². The predicted octanol–water partition coefficient (Wildman–Crippen LogP) is 3.65. The fraction of sp³-hybridized carbons (Fsp3) is 0.143. The van der Waals surface area contributed by atoms with Crippen LogP contribution in [0.3, 0.4) is 0 Å². The lowest BCUT2D eigenvalue weighted by Crippen LogP contribution is -2.00. The highest BCUT2D eigenvalue weighted by Gasteiger charge is 2.08. The molecule has 3 rings (SSSR count). The fourth-order valence-electron chi connectivity index (χ4n) is 2.21. The van der Waals surface area contributed by atoms with Crippen LogP contribution >= 0.6 is 12.2 Å². The predicted molar refractivity (Wildman–Crippen MR) is 75.6 cm³/mol. The van der Waals surface area contributed by atoms with Crippen molar-refractivity contribution in [2.24, 2.45) is 0 Å². The lowest BCUT2D eigenvalue weighted by atomic mass is 10.1. The Balaban J connectivity index is 2.38. The first-order chi connectivity index (χ1) is 8.81. The van der Waals surface area contributed by atoms with Gasteiger partial charge in [0.05, 0.1) is 11.2 Å². The van der Waals surface area contributed by atoms with Gasteiger partial charge in [-0.2, -0.15) is 0 Å². The van der Waals surface area contributed by atoms with Crippen molar-refractivity contribution < 1.29 is 0 Å². The van der Waals surface area contributed by atoms with Gasteiger partial charge in [0.15, 0.2) is 4.77 Å². The Kier molecular flexibility index (Phi) is 2.72. The number of nitrogens with zero attached hydrogens (tertiary/aromatic N) is 2. The van der Waals surface area contributed by atoms with Crippen molar-refractivity contribution in [3.05, 3.63) is 53.2 Å². The molecule has 4 heteroatoms. The van der Waals surface area contributed by atoms with E-state index in [1.165, 1.54) is 5.69 Å². The molecule has 0 fully saturated rings. The van der Waals surface area contributed by atoms with Crippen molar-refractivity contribution in [1.29, 1.82) is 0 Å². The van der Waals surface area contributed by atoms with Crippen molar-refractivity contribution in [3.63, 3.8) is 0 Å². The molecule has 0 amide bonds. The number of aromatic nitrogens is 3. The molecule has 0 unspecified atom stereocenters. The number of hydrogen-bond donors (Lipinski definition) is 1. The van der Waals surface area contributed by atoms with Gasteiger partial charge in [-0.15, -0.1) is 0 Å². The Hall–Kier alpha value is -1.94. The molecule has 2 heterocycles. The zero-order valence-corrected chi connectivity index (χ0v) is 10.9. The van der Waals surface area contributed by atoms with E-state index >= 15 is 0 Å². The molecule has 0 radical (unpaired) electrons.